The lowest BCUT2D eigenvalue weighted by atomic mass is 10.2. The van der Waals surface area contributed by atoms with E-state index in [9.17, 15) is 14.0 Å². The number of carbonyl (C=O) groups is 2. The highest BCUT2D eigenvalue weighted by Crippen LogP contribution is 2.34. The smallest absolute Gasteiger partial charge is 0.419 e. The molecule has 0 saturated carbocycles. The number of benzene rings is 1. The average Bonchev–Trinajstić information content (AvgIpc) is 2.77. The van der Waals surface area contributed by atoms with E-state index in [1.54, 1.807) is 39.0 Å². The Labute approximate surface area is 141 Å². The molecule has 2 aromatic rings. The fraction of sp³-hybridized carbons (Fsp3) is 0.375. The second-order valence-electron chi connectivity index (χ2n) is 5.92. The van der Waals surface area contributed by atoms with Crippen molar-refractivity contribution in [3.63, 3.8) is 0 Å². The fourth-order valence-electron chi connectivity index (χ4n) is 2.17. The van der Waals surface area contributed by atoms with Gasteiger partial charge < -0.3 is 9.47 Å². The third-order valence-corrected chi connectivity index (χ3v) is 3.88. The van der Waals surface area contributed by atoms with Crippen LogP contribution in [0.5, 0.6) is 5.75 Å². The molecule has 1 aromatic carbocycles. The minimum atomic E-state index is -1.21. The summed E-state index contributed by atoms with van der Waals surface area (Å²) in [5, 5.41) is 0.562. The van der Waals surface area contributed by atoms with Gasteiger partial charge >= 0.3 is 6.09 Å². The summed E-state index contributed by atoms with van der Waals surface area (Å²) in [5.41, 5.74) is -0.392. The summed E-state index contributed by atoms with van der Waals surface area (Å²) in [6.45, 7) is 3.93. The van der Waals surface area contributed by atoms with Crippen LogP contribution in [0.15, 0.2) is 22.7 Å². The number of hydrogen-bond donors (Lipinski definition) is 0. The maximum atomic E-state index is 12.9. The topological polar surface area (TPSA) is 57.5 Å². The van der Waals surface area contributed by atoms with Crippen LogP contribution in [0, 0.1) is 0 Å². The number of rotatable bonds is 3. The van der Waals surface area contributed by atoms with Gasteiger partial charge in [-0.2, -0.15) is 0 Å². The fourth-order valence-corrected chi connectivity index (χ4v) is 2.88. The van der Waals surface area contributed by atoms with Gasteiger partial charge in [-0.25, -0.2) is 13.8 Å². The SMILES string of the molecule is COc1ccc2c(c1)c(Br)c(C(=O)CF)n2C(=O)OC(C)(C)C. The lowest BCUT2D eigenvalue weighted by Crippen LogP contribution is -2.29. The molecule has 0 radical (unpaired) electrons. The summed E-state index contributed by atoms with van der Waals surface area (Å²) in [6.07, 6.45) is -0.741. The molecule has 0 N–H and O–H groups in total. The van der Waals surface area contributed by atoms with Gasteiger partial charge in [0, 0.05) is 5.39 Å². The van der Waals surface area contributed by atoms with E-state index < -0.39 is 24.2 Å². The number of fused-ring (bicyclic) bond motifs is 1. The zero-order valence-corrected chi connectivity index (χ0v) is 14.9. The minimum Gasteiger partial charge on any atom is -0.497 e. The van der Waals surface area contributed by atoms with Gasteiger partial charge in [0.25, 0.3) is 0 Å². The molecular weight excluding hydrogens is 369 g/mol. The number of hydrogen-bond acceptors (Lipinski definition) is 4. The molecule has 1 aromatic heterocycles. The largest absolute Gasteiger partial charge is 0.497 e. The van der Waals surface area contributed by atoms with Gasteiger partial charge in [0.1, 0.15) is 17.0 Å². The molecular formula is C16H17BrFNO4. The number of ether oxygens (including phenoxy) is 2. The Hall–Kier alpha value is -1.89. The number of alkyl halides is 1. The highest BCUT2D eigenvalue weighted by molar-refractivity contribution is 9.10. The number of methoxy groups -OCH3 is 1. The van der Waals surface area contributed by atoms with Crippen LogP contribution in [0.2, 0.25) is 0 Å². The maximum Gasteiger partial charge on any atom is 0.419 e. The molecule has 2 rings (SSSR count). The number of halogens is 2. The van der Waals surface area contributed by atoms with Crippen LogP contribution in [0.3, 0.4) is 0 Å². The van der Waals surface area contributed by atoms with Crippen LogP contribution in [0.1, 0.15) is 31.3 Å². The second kappa shape index (κ2) is 6.31. The van der Waals surface area contributed by atoms with E-state index in [2.05, 4.69) is 15.9 Å². The minimum absolute atomic E-state index is 0.0787. The number of nitrogens with zero attached hydrogens (tertiary/aromatic N) is 1. The van der Waals surface area contributed by atoms with E-state index in [0.717, 1.165) is 4.57 Å². The monoisotopic (exact) mass is 385 g/mol. The molecule has 7 heteroatoms. The van der Waals surface area contributed by atoms with E-state index in [4.69, 9.17) is 9.47 Å². The van der Waals surface area contributed by atoms with Crippen molar-refractivity contribution in [2.75, 3.05) is 13.8 Å². The van der Waals surface area contributed by atoms with Gasteiger partial charge in [-0.15, -0.1) is 0 Å². The molecule has 0 spiro atoms. The predicted molar refractivity (Wildman–Crippen MR) is 88.1 cm³/mol. The first-order valence-corrected chi connectivity index (χ1v) is 7.69. The number of carbonyl (C=O) groups excluding carboxylic acids is 2. The van der Waals surface area contributed by atoms with Gasteiger partial charge in [0.2, 0.25) is 5.78 Å². The van der Waals surface area contributed by atoms with Crippen molar-refractivity contribution in [3.05, 3.63) is 28.4 Å². The third-order valence-electron chi connectivity index (χ3n) is 3.07. The molecule has 23 heavy (non-hydrogen) atoms. The Bertz CT molecular complexity index is 776. The van der Waals surface area contributed by atoms with Crippen LogP contribution in [0.4, 0.5) is 9.18 Å². The van der Waals surface area contributed by atoms with Crippen molar-refractivity contribution in [1.29, 1.82) is 0 Å². The molecule has 0 saturated heterocycles. The molecule has 0 amide bonds. The molecule has 0 aliphatic heterocycles. The first kappa shape index (κ1) is 17.5. The molecule has 5 nitrogen and oxygen atoms in total. The molecule has 1 heterocycles. The second-order valence-corrected chi connectivity index (χ2v) is 6.71. The number of Topliss-reactive ketones (excluding diaryl/α,β-unsaturated/α-hetero) is 1. The van der Waals surface area contributed by atoms with E-state index in [1.807, 2.05) is 0 Å². The molecule has 0 aliphatic carbocycles. The van der Waals surface area contributed by atoms with E-state index >= 15 is 0 Å². The standard InChI is InChI=1S/C16H17BrFNO4/c1-16(2,3)23-15(21)19-11-6-5-9(22-4)7-10(11)13(17)14(19)12(20)8-18/h5-7H,8H2,1-4H3. The highest BCUT2D eigenvalue weighted by atomic mass is 79.9. The van der Waals surface area contributed by atoms with Gasteiger partial charge in [0.05, 0.1) is 17.1 Å². The number of ketones is 1. The Balaban J connectivity index is 2.74. The summed E-state index contributed by atoms with van der Waals surface area (Å²) in [4.78, 5) is 24.5. The van der Waals surface area contributed by atoms with Crippen molar-refractivity contribution in [2.24, 2.45) is 0 Å². The van der Waals surface area contributed by atoms with Crippen molar-refractivity contribution >= 4 is 38.7 Å². The van der Waals surface area contributed by atoms with Crippen LogP contribution in [-0.4, -0.2) is 35.8 Å². The van der Waals surface area contributed by atoms with Crippen molar-refractivity contribution in [1.82, 2.24) is 4.57 Å². The lowest BCUT2D eigenvalue weighted by Gasteiger charge is -2.20. The van der Waals surface area contributed by atoms with Crippen LogP contribution < -0.4 is 4.74 Å². The molecule has 0 aliphatic rings. The number of aromatic nitrogens is 1. The third kappa shape index (κ3) is 3.39. The molecule has 0 bridgehead atoms. The summed E-state index contributed by atoms with van der Waals surface area (Å²) in [7, 11) is 1.51. The van der Waals surface area contributed by atoms with Crippen molar-refractivity contribution in [2.45, 2.75) is 26.4 Å². The zero-order chi connectivity index (χ0) is 17.4. The predicted octanol–water partition coefficient (Wildman–Crippen LogP) is 4.35. The van der Waals surface area contributed by atoms with Gasteiger partial charge in [0.15, 0.2) is 6.67 Å². The quantitative estimate of drug-likeness (QED) is 0.737. The maximum absolute atomic E-state index is 12.9. The van der Waals surface area contributed by atoms with Crippen LogP contribution >= 0.6 is 15.9 Å². The van der Waals surface area contributed by atoms with Crippen molar-refractivity contribution in [3.8, 4) is 5.75 Å². The van der Waals surface area contributed by atoms with E-state index in [1.165, 1.54) is 7.11 Å². The normalized spacial score (nSPS) is 11.6. The Morgan fingerprint density at radius 2 is 1.96 bits per heavy atom. The van der Waals surface area contributed by atoms with E-state index in [-0.39, 0.29) is 5.69 Å². The van der Waals surface area contributed by atoms with Gasteiger partial charge in [-0.05, 0) is 54.9 Å². The van der Waals surface area contributed by atoms with Gasteiger partial charge in [-0.3, -0.25) is 4.79 Å². The summed E-state index contributed by atoms with van der Waals surface area (Å²) in [5.74, 6) is -0.253. The summed E-state index contributed by atoms with van der Waals surface area (Å²) >= 11 is 3.28. The van der Waals surface area contributed by atoms with Crippen LogP contribution in [-0.2, 0) is 4.74 Å². The molecule has 0 atom stereocenters. The lowest BCUT2D eigenvalue weighted by molar-refractivity contribution is 0.0534. The first-order valence-electron chi connectivity index (χ1n) is 6.90. The molecule has 124 valence electrons. The summed E-state index contributed by atoms with van der Waals surface area (Å²) < 4.78 is 24.9. The molecule has 0 unspecified atom stereocenters. The van der Waals surface area contributed by atoms with Crippen LogP contribution in [0.25, 0.3) is 10.9 Å². The Kier molecular flexibility index (Phi) is 4.79. The first-order chi connectivity index (χ1) is 10.7. The molecule has 0 fully saturated rings. The van der Waals surface area contributed by atoms with Crippen molar-refractivity contribution < 1.29 is 23.5 Å². The summed E-state index contributed by atoms with van der Waals surface area (Å²) in [6, 6.07) is 4.94. The van der Waals surface area contributed by atoms with Gasteiger partial charge in [-0.1, -0.05) is 0 Å². The highest BCUT2D eigenvalue weighted by Gasteiger charge is 2.28. The van der Waals surface area contributed by atoms with E-state index in [0.29, 0.717) is 21.1 Å². The zero-order valence-electron chi connectivity index (χ0n) is 13.3. The average molecular weight is 386 g/mol. The Morgan fingerprint density at radius 1 is 1.30 bits per heavy atom. The Morgan fingerprint density at radius 3 is 2.48 bits per heavy atom.